The number of carbonyl (C=O) groups is 2. The van der Waals surface area contributed by atoms with Crippen molar-refractivity contribution in [2.45, 2.75) is 77.9 Å². The van der Waals surface area contributed by atoms with Crippen LogP contribution in [0, 0.1) is 13.8 Å². The minimum absolute atomic E-state index is 0.121. The van der Waals surface area contributed by atoms with Crippen LogP contribution in [0.25, 0.3) is 0 Å². The molecule has 0 unspecified atom stereocenters. The van der Waals surface area contributed by atoms with Gasteiger partial charge in [0.25, 0.3) is 0 Å². The van der Waals surface area contributed by atoms with E-state index in [1.807, 2.05) is 51.1 Å². The van der Waals surface area contributed by atoms with Gasteiger partial charge in [0.05, 0.1) is 11.9 Å². The number of anilines is 1. The van der Waals surface area contributed by atoms with Gasteiger partial charge < -0.3 is 10.2 Å². The molecule has 2 aromatic carbocycles. The highest BCUT2D eigenvalue weighted by Crippen LogP contribution is 2.22. The number of carbonyl (C=O) groups excluding carboxylic acids is 2. The Kier molecular flexibility index (Phi) is 9.54. The molecule has 0 heterocycles. The fourth-order valence-corrected chi connectivity index (χ4v) is 5.71. The third-order valence-corrected chi connectivity index (χ3v) is 7.88. The fraction of sp³-hybridized carbons (Fsp3) is 0.500. The Hall–Kier alpha value is -2.87. The van der Waals surface area contributed by atoms with E-state index < -0.39 is 22.0 Å². The SMILES string of the molecule is CC[C@@H](C(=O)NC1CCCCC1)N(Cc1cccc(C)c1)C(=O)CN(c1cccc(C)c1)S(C)(=O)=O. The maximum absolute atomic E-state index is 13.8. The zero-order valence-corrected chi connectivity index (χ0v) is 22.7. The molecular weight excluding hydrogens is 474 g/mol. The van der Waals surface area contributed by atoms with Gasteiger partial charge in [-0.3, -0.25) is 13.9 Å². The van der Waals surface area contributed by atoms with E-state index in [4.69, 9.17) is 0 Å². The van der Waals surface area contributed by atoms with E-state index in [9.17, 15) is 18.0 Å². The maximum Gasteiger partial charge on any atom is 0.244 e. The summed E-state index contributed by atoms with van der Waals surface area (Å²) in [7, 11) is -3.73. The van der Waals surface area contributed by atoms with Gasteiger partial charge >= 0.3 is 0 Å². The number of nitrogens with zero attached hydrogens (tertiary/aromatic N) is 2. The van der Waals surface area contributed by atoms with Crippen molar-refractivity contribution in [1.29, 1.82) is 0 Å². The largest absolute Gasteiger partial charge is 0.352 e. The molecule has 0 spiro atoms. The molecule has 36 heavy (non-hydrogen) atoms. The van der Waals surface area contributed by atoms with Crippen LogP contribution < -0.4 is 9.62 Å². The first kappa shape index (κ1) is 27.7. The summed E-state index contributed by atoms with van der Waals surface area (Å²) in [5, 5.41) is 3.16. The summed E-state index contributed by atoms with van der Waals surface area (Å²) in [5.41, 5.74) is 3.27. The molecule has 0 saturated heterocycles. The molecule has 1 aliphatic rings. The van der Waals surface area contributed by atoms with Gasteiger partial charge in [-0.1, -0.05) is 68.1 Å². The highest BCUT2D eigenvalue weighted by Gasteiger charge is 2.32. The van der Waals surface area contributed by atoms with Crippen molar-refractivity contribution in [3.05, 3.63) is 65.2 Å². The molecule has 1 aliphatic carbocycles. The van der Waals surface area contributed by atoms with Crippen molar-refractivity contribution in [1.82, 2.24) is 10.2 Å². The molecule has 2 aromatic rings. The highest BCUT2D eigenvalue weighted by atomic mass is 32.2. The summed E-state index contributed by atoms with van der Waals surface area (Å²) in [6, 6.07) is 14.3. The number of sulfonamides is 1. The predicted octanol–water partition coefficient (Wildman–Crippen LogP) is 4.33. The topological polar surface area (TPSA) is 86.8 Å². The van der Waals surface area contributed by atoms with Gasteiger partial charge in [0.2, 0.25) is 21.8 Å². The van der Waals surface area contributed by atoms with Crippen molar-refractivity contribution in [2.24, 2.45) is 0 Å². The monoisotopic (exact) mass is 513 g/mol. The van der Waals surface area contributed by atoms with Crippen molar-refractivity contribution in [2.75, 3.05) is 17.1 Å². The van der Waals surface area contributed by atoms with E-state index in [2.05, 4.69) is 5.32 Å². The highest BCUT2D eigenvalue weighted by molar-refractivity contribution is 7.92. The first-order chi connectivity index (χ1) is 17.1. The third kappa shape index (κ3) is 7.56. The second-order valence-corrected chi connectivity index (χ2v) is 11.8. The lowest BCUT2D eigenvalue weighted by Gasteiger charge is -2.34. The smallest absolute Gasteiger partial charge is 0.244 e. The second kappa shape index (κ2) is 12.4. The van der Waals surface area contributed by atoms with Crippen LogP contribution in [0.4, 0.5) is 5.69 Å². The standard InChI is InChI=1S/C28H39N3O4S/c1-5-26(28(33)29-24-14-7-6-8-15-24)30(19-23-13-9-11-21(2)17-23)27(32)20-31(36(4,34)35)25-16-10-12-22(3)18-25/h9-13,16-18,24,26H,5-8,14-15,19-20H2,1-4H3,(H,29,33)/t26-/m0/s1. The summed E-state index contributed by atoms with van der Waals surface area (Å²) < 4.78 is 26.6. The van der Waals surface area contributed by atoms with E-state index in [1.165, 1.54) is 6.42 Å². The molecule has 1 saturated carbocycles. The van der Waals surface area contributed by atoms with Crippen LogP contribution in [0.1, 0.15) is 62.1 Å². The summed E-state index contributed by atoms with van der Waals surface area (Å²) >= 11 is 0. The number of hydrogen-bond donors (Lipinski definition) is 1. The Morgan fingerprint density at radius 2 is 1.64 bits per heavy atom. The zero-order chi connectivity index (χ0) is 26.3. The molecular formula is C28H39N3O4S. The average molecular weight is 514 g/mol. The van der Waals surface area contributed by atoms with Gasteiger partial charge in [-0.05, 0) is 56.4 Å². The first-order valence-electron chi connectivity index (χ1n) is 12.8. The van der Waals surface area contributed by atoms with Crippen LogP contribution >= 0.6 is 0 Å². The van der Waals surface area contributed by atoms with Gasteiger partial charge in [-0.2, -0.15) is 0 Å². The minimum Gasteiger partial charge on any atom is -0.352 e. The van der Waals surface area contributed by atoms with E-state index in [1.54, 1.807) is 23.1 Å². The lowest BCUT2D eigenvalue weighted by atomic mass is 9.95. The number of benzene rings is 2. The Labute approximate surface area is 215 Å². The minimum atomic E-state index is -3.73. The van der Waals surface area contributed by atoms with Gasteiger partial charge in [0, 0.05) is 12.6 Å². The molecule has 0 aromatic heterocycles. The molecule has 0 aliphatic heterocycles. The molecule has 7 nitrogen and oxygen atoms in total. The molecule has 1 fully saturated rings. The molecule has 8 heteroatoms. The number of rotatable bonds is 10. The summed E-state index contributed by atoms with van der Waals surface area (Å²) in [6.45, 7) is 5.59. The molecule has 3 rings (SSSR count). The lowest BCUT2D eigenvalue weighted by molar-refractivity contribution is -0.140. The third-order valence-electron chi connectivity index (χ3n) is 6.74. The van der Waals surface area contributed by atoms with Crippen LogP contribution in [0.3, 0.4) is 0 Å². The first-order valence-corrected chi connectivity index (χ1v) is 14.6. The van der Waals surface area contributed by atoms with Crippen molar-refractivity contribution >= 4 is 27.5 Å². The lowest BCUT2D eigenvalue weighted by Crippen LogP contribution is -2.53. The fourth-order valence-electron chi connectivity index (χ4n) is 4.87. The molecule has 0 radical (unpaired) electrons. The van der Waals surface area contributed by atoms with Crippen LogP contribution in [-0.4, -0.2) is 50.0 Å². The van der Waals surface area contributed by atoms with Crippen LogP contribution in [-0.2, 0) is 26.2 Å². The summed E-state index contributed by atoms with van der Waals surface area (Å²) in [6.07, 6.45) is 6.79. The van der Waals surface area contributed by atoms with E-state index in [-0.39, 0.29) is 25.0 Å². The van der Waals surface area contributed by atoms with Crippen LogP contribution in [0.15, 0.2) is 48.5 Å². The molecule has 1 N–H and O–H groups in total. The molecule has 196 valence electrons. The summed E-state index contributed by atoms with van der Waals surface area (Å²) in [4.78, 5) is 28.7. The number of hydrogen-bond acceptors (Lipinski definition) is 4. The number of aryl methyl sites for hydroxylation is 2. The van der Waals surface area contributed by atoms with Crippen molar-refractivity contribution in [3.8, 4) is 0 Å². The Bertz CT molecular complexity index is 1160. The van der Waals surface area contributed by atoms with Gasteiger partial charge in [0.15, 0.2) is 0 Å². The van der Waals surface area contributed by atoms with E-state index in [0.717, 1.165) is 52.9 Å². The molecule has 1 atom stereocenters. The van der Waals surface area contributed by atoms with E-state index >= 15 is 0 Å². The predicted molar refractivity (Wildman–Crippen MR) is 144 cm³/mol. The van der Waals surface area contributed by atoms with Crippen molar-refractivity contribution < 1.29 is 18.0 Å². The van der Waals surface area contributed by atoms with E-state index in [0.29, 0.717) is 12.1 Å². The maximum atomic E-state index is 13.8. The van der Waals surface area contributed by atoms with Crippen LogP contribution in [0.5, 0.6) is 0 Å². The second-order valence-electron chi connectivity index (χ2n) is 9.89. The van der Waals surface area contributed by atoms with Gasteiger partial charge in [-0.25, -0.2) is 8.42 Å². The normalized spacial score (nSPS) is 15.2. The van der Waals surface area contributed by atoms with Gasteiger partial charge in [0.1, 0.15) is 12.6 Å². The zero-order valence-electron chi connectivity index (χ0n) is 21.9. The quantitative estimate of drug-likeness (QED) is 0.512. The number of nitrogens with one attached hydrogen (secondary N) is 1. The Morgan fingerprint density at radius 1 is 1.00 bits per heavy atom. The summed E-state index contributed by atoms with van der Waals surface area (Å²) in [5.74, 6) is -0.582. The van der Waals surface area contributed by atoms with Crippen LogP contribution in [0.2, 0.25) is 0 Å². The van der Waals surface area contributed by atoms with Gasteiger partial charge in [-0.15, -0.1) is 0 Å². The average Bonchev–Trinajstić information content (AvgIpc) is 2.82. The molecule has 0 bridgehead atoms. The Balaban J connectivity index is 1.91. The number of amides is 2. The molecule has 2 amide bonds. The Morgan fingerprint density at radius 3 is 2.22 bits per heavy atom. The van der Waals surface area contributed by atoms with Crippen molar-refractivity contribution in [3.63, 3.8) is 0 Å².